The Kier molecular flexibility index (Phi) is 3.77. The molecule has 2 amide bonds. The highest BCUT2D eigenvalue weighted by atomic mass is 35.5. The summed E-state index contributed by atoms with van der Waals surface area (Å²) in [4.78, 5) is 10.5. The van der Waals surface area contributed by atoms with E-state index in [4.69, 9.17) is 17.3 Å². The highest BCUT2D eigenvalue weighted by molar-refractivity contribution is 6.30. The van der Waals surface area contributed by atoms with Gasteiger partial charge in [0.1, 0.15) is 0 Å². The van der Waals surface area contributed by atoms with Crippen LogP contribution in [0, 0.1) is 0 Å². The number of hydrogen-bond acceptors (Lipinski definition) is 1. The maximum Gasteiger partial charge on any atom is 0.312 e. The van der Waals surface area contributed by atoms with Crippen LogP contribution in [-0.2, 0) is 6.42 Å². The van der Waals surface area contributed by atoms with Crippen molar-refractivity contribution in [3.63, 3.8) is 0 Å². The van der Waals surface area contributed by atoms with Gasteiger partial charge < -0.3 is 11.1 Å². The Morgan fingerprint density at radius 3 is 2.57 bits per heavy atom. The maximum absolute atomic E-state index is 10.5. The van der Waals surface area contributed by atoms with Crippen LogP contribution in [0.1, 0.15) is 12.5 Å². The second-order valence-corrected chi connectivity index (χ2v) is 3.68. The maximum atomic E-state index is 10.5. The first-order chi connectivity index (χ1) is 6.58. The first-order valence-electron chi connectivity index (χ1n) is 4.38. The molecule has 0 saturated heterocycles. The van der Waals surface area contributed by atoms with Crippen LogP contribution in [0.4, 0.5) is 4.79 Å². The zero-order chi connectivity index (χ0) is 10.6. The van der Waals surface area contributed by atoms with E-state index < -0.39 is 6.03 Å². The lowest BCUT2D eigenvalue weighted by atomic mass is 10.1. The lowest BCUT2D eigenvalue weighted by molar-refractivity contribution is 0.246. The molecule has 0 fully saturated rings. The van der Waals surface area contributed by atoms with Gasteiger partial charge in [-0.15, -0.1) is 0 Å². The summed E-state index contributed by atoms with van der Waals surface area (Å²) in [6.07, 6.45) is 0.750. The molecule has 3 nitrogen and oxygen atoms in total. The Hall–Kier alpha value is -1.22. The van der Waals surface area contributed by atoms with Crippen LogP contribution in [-0.4, -0.2) is 12.1 Å². The summed E-state index contributed by atoms with van der Waals surface area (Å²) in [6, 6.07) is 7.06. The van der Waals surface area contributed by atoms with Crippen molar-refractivity contribution in [2.24, 2.45) is 5.73 Å². The third kappa shape index (κ3) is 3.66. The molecule has 1 atom stereocenters. The van der Waals surface area contributed by atoms with Crippen LogP contribution in [0.25, 0.3) is 0 Å². The number of amides is 2. The number of urea groups is 1. The van der Waals surface area contributed by atoms with E-state index >= 15 is 0 Å². The van der Waals surface area contributed by atoms with Gasteiger partial charge in [-0.25, -0.2) is 4.79 Å². The molecule has 0 spiro atoms. The summed E-state index contributed by atoms with van der Waals surface area (Å²) in [5.41, 5.74) is 6.12. The highest BCUT2D eigenvalue weighted by Crippen LogP contribution is 2.10. The predicted octanol–water partition coefficient (Wildman–Crippen LogP) is 1.94. The van der Waals surface area contributed by atoms with Crippen LogP contribution in [0.15, 0.2) is 24.3 Å². The van der Waals surface area contributed by atoms with E-state index in [2.05, 4.69) is 5.32 Å². The molecule has 0 heterocycles. The van der Waals surface area contributed by atoms with Crippen molar-refractivity contribution in [2.45, 2.75) is 19.4 Å². The van der Waals surface area contributed by atoms with Gasteiger partial charge >= 0.3 is 6.03 Å². The van der Waals surface area contributed by atoms with E-state index in [0.29, 0.717) is 5.02 Å². The van der Waals surface area contributed by atoms with Gasteiger partial charge in [-0.1, -0.05) is 23.7 Å². The van der Waals surface area contributed by atoms with Crippen LogP contribution in [0.5, 0.6) is 0 Å². The molecular weight excluding hydrogens is 200 g/mol. The fourth-order valence-electron chi connectivity index (χ4n) is 1.27. The molecule has 0 aliphatic carbocycles. The van der Waals surface area contributed by atoms with E-state index in [9.17, 15) is 4.79 Å². The summed E-state index contributed by atoms with van der Waals surface area (Å²) in [7, 11) is 0. The molecule has 76 valence electrons. The third-order valence-corrected chi connectivity index (χ3v) is 2.10. The smallest absolute Gasteiger partial charge is 0.312 e. The van der Waals surface area contributed by atoms with Crippen molar-refractivity contribution in [3.05, 3.63) is 34.9 Å². The fraction of sp³-hybridized carbons (Fsp3) is 0.300. The zero-order valence-corrected chi connectivity index (χ0v) is 8.71. The molecule has 3 N–H and O–H groups in total. The van der Waals surface area contributed by atoms with E-state index in [-0.39, 0.29) is 6.04 Å². The molecule has 1 aromatic rings. The number of primary amides is 1. The van der Waals surface area contributed by atoms with Crippen LogP contribution in [0.3, 0.4) is 0 Å². The summed E-state index contributed by atoms with van der Waals surface area (Å²) >= 11 is 5.74. The lowest BCUT2D eigenvalue weighted by Crippen LogP contribution is -2.37. The number of benzene rings is 1. The number of hydrogen-bond donors (Lipinski definition) is 2. The van der Waals surface area contributed by atoms with Gasteiger partial charge in [0, 0.05) is 11.1 Å². The summed E-state index contributed by atoms with van der Waals surface area (Å²) in [5.74, 6) is 0. The number of rotatable bonds is 3. The van der Waals surface area contributed by atoms with Crippen molar-refractivity contribution in [2.75, 3.05) is 0 Å². The standard InChI is InChI=1S/C10H13ClN2O/c1-7(13-10(12)14)6-8-2-4-9(11)5-3-8/h2-5,7H,6H2,1H3,(H3,12,13,14). The van der Waals surface area contributed by atoms with E-state index in [0.717, 1.165) is 12.0 Å². The minimum atomic E-state index is -0.494. The minimum absolute atomic E-state index is 0.0358. The Balaban J connectivity index is 2.51. The van der Waals surface area contributed by atoms with Crippen molar-refractivity contribution in [3.8, 4) is 0 Å². The van der Waals surface area contributed by atoms with Gasteiger partial charge in [0.05, 0.1) is 0 Å². The number of halogens is 1. The zero-order valence-electron chi connectivity index (χ0n) is 7.96. The van der Waals surface area contributed by atoms with Gasteiger partial charge in [-0.05, 0) is 31.0 Å². The molecular formula is C10H13ClN2O. The van der Waals surface area contributed by atoms with Crippen LogP contribution >= 0.6 is 11.6 Å². The second-order valence-electron chi connectivity index (χ2n) is 3.24. The summed E-state index contributed by atoms with van der Waals surface area (Å²) < 4.78 is 0. The number of nitrogens with two attached hydrogens (primary N) is 1. The number of carbonyl (C=O) groups excluding carboxylic acids is 1. The van der Waals surface area contributed by atoms with Crippen molar-refractivity contribution in [1.82, 2.24) is 5.32 Å². The molecule has 14 heavy (non-hydrogen) atoms. The van der Waals surface area contributed by atoms with Gasteiger partial charge in [0.2, 0.25) is 0 Å². The van der Waals surface area contributed by atoms with E-state index in [1.807, 2.05) is 31.2 Å². The molecule has 0 radical (unpaired) electrons. The minimum Gasteiger partial charge on any atom is -0.352 e. The second kappa shape index (κ2) is 4.86. The fourth-order valence-corrected chi connectivity index (χ4v) is 1.39. The molecule has 1 aromatic carbocycles. The summed E-state index contributed by atoms with van der Waals surface area (Å²) in [6.45, 7) is 1.90. The molecule has 0 aromatic heterocycles. The highest BCUT2D eigenvalue weighted by Gasteiger charge is 2.04. The Labute approximate surface area is 88.2 Å². The Morgan fingerprint density at radius 2 is 2.07 bits per heavy atom. The first kappa shape index (κ1) is 10.9. The Morgan fingerprint density at radius 1 is 1.50 bits per heavy atom. The average molecular weight is 213 g/mol. The molecule has 0 bridgehead atoms. The van der Waals surface area contributed by atoms with E-state index in [1.165, 1.54) is 0 Å². The van der Waals surface area contributed by atoms with Gasteiger partial charge in [-0.2, -0.15) is 0 Å². The quantitative estimate of drug-likeness (QED) is 0.791. The molecule has 1 rings (SSSR count). The third-order valence-electron chi connectivity index (χ3n) is 1.84. The summed E-state index contributed by atoms with van der Waals surface area (Å²) in [5, 5.41) is 3.32. The monoisotopic (exact) mass is 212 g/mol. The first-order valence-corrected chi connectivity index (χ1v) is 4.76. The van der Waals surface area contributed by atoms with Crippen molar-refractivity contribution < 1.29 is 4.79 Å². The van der Waals surface area contributed by atoms with Gasteiger partial charge in [0.25, 0.3) is 0 Å². The van der Waals surface area contributed by atoms with Crippen LogP contribution in [0.2, 0.25) is 5.02 Å². The molecule has 0 saturated carbocycles. The van der Waals surface area contributed by atoms with Crippen molar-refractivity contribution in [1.29, 1.82) is 0 Å². The van der Waals surface area contributed by atoms with E-state index in [1.54, 1.807) is 0 Å². The average Bonchev–Trinajstić information content (AvgIpc) is 2.07. The topological polar surface area (TPSA) is 55.1 Å². The molecule has 4 heteroatoms. The largest absolute Gasteiger partial charge is 0.352 e. The Bertz CT molecular complexity index is 310. The lowest BCUT2D eigenvalue weighted by Gasteiger charge is -2.11. The van der Waals surface area contributed by atoms with Gasteiger partial charge in [-0.3, -0.25) is 0 Å². The van der Waals surface area contributed by atoms with Gasteiger partial charge in [0.15, 0.2) is 0 Å². The van der Waals surface area contributed by atoms with Crippen molar-refractivity contribution >= 4 is 17.6 Å². The predicted molar refractivity (Wildman–Crippen MR) is 57.3 cm³/mol. The SMILES string of the molecule is CC(Cc1ccc(Cl)cc1)NC(N)=O. The number of carbonyl (C=O) groups is 1. The van der Waals surface area contributed by atoms with Crippen LogP contribution < -0.4 is 11.1 Å². The molecule has 0 aliphatic heterocycles. The molecule has 0 aliphatic rings. The number of nitrogens with one attached hydrogen (secondary N) is 1. The normalized spacial score (nSPS) is 12.1. The molecule has 1 unspecified atom stereocenters.